The zero-order valence-corrected chi connectivity index (χ0v) is 25.8. The normalized spacial score (nSPS) is 14.4. The average Bonchev–Trinajstić information content (AvgIpc) is 3.03. The number of pyridine rings is 1. The molecule has 46 heavy (non-hydrogen) atoms. The van der Waals surface area contributed by atoms with E-state index in [4.69, 9.17) is 0 Å². The summed E-state index contributed by atoms with van der Waals surface area (Å²) in [5.74, 6) is -0.0438. The molecule has 2 aromatic heterocycles. The third kappa shape index (κ3) is 7.16. The predicted octanol–water partition coefficient (Wildman–Crippen LogP) is 7.07. The first-order chi connectivity index (χ1) is 22.0. The van der Waals surface area contributed by atoms with Gasteiger partial charge in [-0.2, -0.15) is 13.2 Å². The highest BCUT2D eigenvalue weighted by Crippen LogP contribution is 2.35. The highest BCUT2D eigenvalue weighted by Gasteiger charge is 2.34. The summed E-state index contributed by atoms with van der Waals surface area (Å²) < 4.78 is 42.2. The fourth-order valence-electron chi connectivity index (χ4n) is 5.57. The van der Waals surface area contributed by atoms with Gasteiger partial charge in [-0.3, -0.25) is 14.7 Å². The van der Waals surface area contributed by atoms with Gasteiger partial charge in [0.2, 0.25) is 5.95 Å². The van der Waals surface area contributed by atoms with E-state index >= 15 is 0 Å². The minimum absolute atomic E-state index is 0.0920. The van der Waals surface area contributed by atoms with Gasteiger partial charge in [-0.1, -0.05) is 18.2 Å². The Morgan fingerprint density at radius 1 is 0.870 bits per heavy atom. The lowest BCUT2D eigenvalue weighted by atomic mass is 9.99. The third-order valence-corrected chi connectivity index (χ3v) is 8.16. The Bertz CT molecular complexity index is 1880. The van der Waals surface area contributed by atoms with Crippen LogP contribution in [-0.4, -0.2) is 63.9 Å². The van der Waals surface area contributed by atoms with E-state index < -0.39 is 17.6 Å². The van der Waals surface area contributed by atoms with Gasteiger partial charge < -0.3 is 15.5 Å². The lowest BCUT2D eigenvalue weighted by molar-refractivity contribution is -0.138. The van der Waals surface area contributed by atoms with Crippen molar-refractivity contribution >= 4 is 34.1 Å². The summed E-state index contributed by atoms with van der Waals surface area (Å²) >= 11 is 0. The summed E-state index contributed by atoms with van der Waals surface area (Å²) in [7, 11) is 2.00. The van der Waals surface area contributed by atoms with Gasteiger partial charge in [0.15, 0.2) is 0 Å². The maximum Gasteiger partial charge on any atom is 0.416 e. The summed E-state index contributed by atoms with van der Waals surface area (Å²) in [5.41, 5.74) is 4.92. The van der Waals surface area contributed by atoms with Crippen LogP contribution in [0, 0.1) is 13.8 Å². The highest BCUT2D eigenvalue weighted by molar-refractivity contribution is 6.05. The molecule has 236 valence electrons. The van der Waals surface area contributed by atoms with Crippen LogP contribution in [0.15, 0.2) is 79.1 Å². The molecule has 0 saturated carbocycles. The second-order valence-corrected chi connectivity index (χ2v) is 11.7. The SMILES string of the molecule is Cc1ccc(Nc2ncc3cc(-c4cccc(C(=O)Nc5ccc(CN6CCN(C)CC6)c(C(F)(F)F)c5)c4)cc(C)c3n2)cn1. The van der Waals surface area contributed by atoms with E-state index in [1.165, 1.54) is 12.1 Å². The molecular formula is C35H34F3N7O. The van der Waals surface area contributed by atoms with Crippen molar-refractivity contribution in [1.29, 1.82) is 0 Å². The Morgan fingerprint density at radius 3 is 2.39 bits per heavy atom. The number of piperazine rings is 1. The minimum atomic E-state index is -4.55. The van der Waals surface area contributed by atoms with Crippen LogP contribution in [0.3, 0.4) is 0 Å². The van der Waals surface area contributed by atoms with E-state index in [0.29, 0.717) is 24.6 Å². The number of carbonyl (C=O) groups is 1. The molecule has 0 bridgehead atoms. The third-order valence-electron chi connectivity index (χ3n) is 8.16. The maximum absolute atomic E-state index is 14.1. The van der Waals surface area contributed by atoms with Gasteiger partial charge in [0, 0.05) is 61.3 Å². The Kier molecular flexibility index (Phi) is 8.70. The molecule has 8 nitrogen and oxygen atoms in total. The van der Waals surface area contributed by atoms with E-state index in [1.807, 2.05) is 56.1 Å². The summed E-state index contributed by atoms with van der Waals surface area (Å²) in [4.78, 5) is 30.9. The molecule has 0 unspecified atom stereocenters. The van der Waals surface area contributed by atoms with Crippen LogP contribution in [0.1, 0.15) is 32.7 Å². The summed E-state index contributed by atoms with van der Waals surface area (Å²) in [6, 6.07) is 18.8. The van der Waals surface area contributed by atoms with Crippen molar-refractivity contribution in [3.63, 3.8) is 0 Å². The van der Waals surface area contributed by atoms with Crippen molar-refractivity contribution in [2.75, 3.05) is 43.9 Å². The number of aromatic nitrogens is 3. The molecule has 0 atom stereocenters. The number of hydrogen-bond donors (Lipinski definition) is 2. The van der Waals surface area contributed by atoms with Crippen molar-refractivity contribution in [3.05, 3.63) is 107 Å². The first kappa shape index (κ1) is 31.1. The minimum Gasteiger partial charge on any atom is -0.323 e. The number of nitrogens with zero attached hydrogens (tertiary/aromatic N) is 5. The number of alkyl halides is 3. The van der Waals surface area contributed by atoms with E-state index in [1.54, 1.807) is 30.6 Å². The number of carbonyl (C=O) groups excluding carboxylic acids is 1. The first-order valence-corrected chi connectivity index (χ1v) is 15.0. The van der Waals surface area contributed by atoms with Crippen molar-refractivity contribution in [1.82, 2.24) is 24.8 Å². The smallest absolute Gasteiger partial charge is 0.323 e. The monoisotopic (exact) mass is 625 g/mol. The lowest BCUT2D eigenvalue weighted by Gasteiger charge is -2.33. The number of rotatable bonds is 7. The molecule has 1 amide bonds. The number of aryl methyl sites for hydroxylation is 2. The van der Waals surface area contributed by atoms with Gasteiger partial charge in [-0.05, 0) is 91.7 Å². The molecule has 2 N–H and O–H groups in total. The number of likely N-dealkylation sites (N-methyl/N-ethyl adjacent to an activating group) is 1. The van der Waals surface area contributed by atoms with Crippen molar-refractivity contribution in [3.8, 4) is 11.1 Å². The first-order valence-electron chi connectivity index (χ1n) is 15.0. The molecule has 3 heterocycles. The molecule has 5 aromatic rings. The molecule has 0 radical (unpaired) electrons. The van der Waals surface area contributed by atoms with E-state index in [0.717, 1.165) is 58.1 Å². The number of anilines is 3. The average molecular weight is 626 g/mol. The second kappa shape index (κ2) is 12.9. The van der Waals surface area contributed by atoms with Crippen LogP contribution in [0.4, 0.5) is 30.5 Å². The summed E-state index contributed by atoms with van der Waals surface area (Å²) in [6.45, 7) is 7.11. The number of halogens is 3. The number of amides is 1. The van der Waals surface area contributed by atoms with Gasteiger partial charge in [0.1, 0.15) is 0 Å². The molecule has 0 spiro atoms. The van der Waals surface area contributed by atoms with Gasteiger partial charge in [-0.15, -0.1) is 0 Å². The maximum atomic E-state index is 14.1. The number of benzene rings is 3. The number of nitrogens with one attached hydrogen (secondary N) is 2. The highest BCUT2D eigenvalue weighted by atomic mass is 19.4. The predicted molar refractivity (Wildman–Crippen MR) is 174 cm³/mol. The van der Waals surface area contributed by atoms with Gasteiger partial charge in [-0.25, -0.2) is 9.97 Å². The Labute approximate surface area is 265 Å². The van der Waals surface area contributed by atoms with Crippen molar-refractivity contribution < 1.29 is 18.0 Å². The van der Waals surface area contributed by atoms with E-state index in [-0.39, 0.29) is 17.8 Å². The summed E-state index contributed by atoms with van der Waals surface area (Å²) in [6.07, 6.45) is -1.08. The zero-order valence-electron chi connectivity index (χ0n) is 25.8. The topological polar surface area (TPSA) is 86.3 Å². The van der Waals surface area contributed by atoms with Crippen molar-refractivity contribution in [2.24, 2.45) is 0 Å². The Balaban J connectivity index is 1.20. The lowest BCUT2D eigenvalue weighted by Crippen LogP contribution is -2.44. The van der Waals surface area contributed by atoms with Gasteiger partial charge in [0.25, 0.3) is 5.91 Å². The molecule has 11 heteroatoms. The number of hydrogen-bond acceptors (Lipinski definition) is 7. The molecule has 0 aliphatic carbocycles. The van der Waals surface area contributed by atoms with Crippen LogP contribution in [0.5, 0.6) is 0 Å². The molecule has 6 rings (SSSR count). The molecule has 3 aromatic carbocycles. The molecular weight excluding hydrogens is 591 g/mol. The largest absolute Gasteiger partial charge is 0.416 e. The fourth-order valence-corrected chi connectivity index (χ4v) is 5.57. The van der Waals surface area contributed by atoms with E-state index in [2.05, 4.69) is 30.5 Å². The van der Waals surface area contributed by atoms with Crippen LogP contribution in [-0.2, 0) is 12.7 Å². The number of fused-ring (bicyclic) bond motifs is 1. The standard InChI is InChI=1S/C35H34F3N7O/c1-22-15-27(17-28-19-40-34(43-32(22)28)42-30-9-7-23(2)39-20-30)24-5-4-6-25(16-24)33(46)41-29-10-8-26(31(18-29)35(36,37)38)21-45-13-11-44(3)12-14-45/h4-10,15-20H,11-14,21H2,1-3H3,(H,41,46)(H,40,42,43). The Morgan fingerprint density at radius 2 is 1.65 bits per heavy atom. The summed E-state index contributed by atoms with van der Waals surface area (Å²) in [5, 5.41) is 6.67. The Hall–Kier alpha value is -4.87. The van der Waals surface area contributed by atoms with Crippen molar-refractivity contribution in [2.45, 2.75) is 26.6 Å². The van der Waals surface area contributed by atoms with Gasteiger partial charge >= 0.3 is 6.18 Å². The fraction of sp³-hybridized carbons (Fsp3) is 0.257. The molecule has 1 fully saturated rings. The van der Waals surface area contributed by atoms with Crippen LogP contribution >= 0.6 is 0 Å². The van der Waals surface area contributed by atoms with Crippen LogP contribution in [0.2, 0.25) is 0 Å². The van der Waals surface area contributed by atoms with Crippen LogP contribution in [0.25, 0.3) is 22.0 Å². The van der Waals surface area contributed by atoms with Gasteiger partial charge in [0.05, 0.1) is 23.0 Å². The quantitative estimate of drug-likeness (QED) is 0.200. The molecule has 1 saturated heterocycles. The zero-order chi connectivity index (χ0) is 32.4. The van der Waals surface area contributed by atoms with Crippen LogP contribution < -0.4 is 10.6 Å². The molecule has 1 aliphatic rings. The molecule has 1 aliphatic heterocycles. The second-order valence-electron chi connectivity index (χ2n) is 11.7. The van der Waals surface area contributed by atoms with E-state index in [9.17, 15) is 18.0 Å².